The van der Waals surface area contributed by atoms with Gasteiger partial charge in [-0.1, -0.05) is 190 Å². The molecular formula is C53H90O6. The fraction of sp³-hybridized carbons (Fsp3) is 0.717. The molecule has 0 radical (unpaired) electrons. The molecule has 6 heteroatoms. The van der Waals surface area contributed by atoms with Gasteiger partial charge >= 0.3 is 17.9 Å². The fourth-order valence-electron chi connectivity index (χ4n) is 6.46. The molecule has 0 aliphatic heterocycles. The molecule has 1 atom stereocenters. The lowest BCUT2D eigenvalue weighted by Gasteiger charge is -2.18. The molecule has 338 valence electrons. The number of hydrogen-bond acceptors (Lipinski definition) is 6. The van der Waals surface area contributed by atoms with E-state index in [1.165, 1.54) is 89.9 Å². The summed E-state index contributed by atoms with van der Waals surface area (Å²) in [5.74, 6) is -0.975. The van der Waals surface area contributed by atoms with Crippen molar-refractivity contribution in [2.45, 2.75) is 232 Å². The van der Waals surface area contributed by atoms with E-state index in [0.29, 0.717) is 19.3 Å². The van der Waals surface area contributed by atoms with Crippen molar-refractivity contribution in [2.24, 2.45) is 0 Å². The molecule has 0 bridgehead atoms. The van der Waals surface area contributed by atoms with Crippen LogP contribution in [-0.4, -0.2) is 37.2 Å². The van der Waals surface area contributed by atoms with E-state index in [-0.39, 0.29) is 37.5 Å². The van der Waals surface area contributed by atoms with Crippen LogP contribution in [0.4, 0.5) is 0 Å². The highest BCUT2D eigenvalue weighted by Gasteiger charge is 2.19. The molecule has 0 saturated heterocycles. The summed E-state index contributed by atoms with van der Waals surface area (Å²) >= 11 is 0. The van der Waals surface area contributed by atoms with Gasteiger partial charge in [-0.05, 0) is 89.9 Å². The third-order valence-corrected chi connectivity index (χ3v) is 10.2. The maximum atomic E-state index is 12.7. The highest BCUT2D eigenvalue weighted by atomic mass is 16.6. The van der Waals surface area contributed by atoms with Crippen molar-refractivity contribution in [2.75, 3.05) is 13.2 Å². The predicted molar refractivity (Wildman–Crippen MR) is 251 cm³/mol. The van der Waals surface area contributed by atoms with Crippen molar-refractivity contribution in [3.8, 4) is 0 Å². The first-order valence-electron chi connectivity index (χ1n) is 24.4. The number of allylic oxidation sites excluding steroid dienone is 12. The van der Waals surface area contributed by atoms with E-state index in [2.05, 4.69) is 93.7 Å². The molecule has 0 N–H and O–H groups in total. The summed E-state index contributed by atoms with van der Waals surface area (Å²) in [5, 5.41) is 0. The van der Waals surface area contributed by atoms with E-state index in [1.807, 2.05) is 0 Å². The summed E-state index contributed by atoms with van der Waals surface area (Å²) in [5.41, 5.74) is 0. The number of carbonyl (C=O) groups is 3. The van der Waals surface area contributed by atoms with E-state index in [9.17, 15) is 14.4 Å². The SMILES string of the molecule is CCCCC/C=C\C/C=C\C/C=C\C/C=C\CCCC(=O)OC[C@@H](COC(=O)CCCCCCCCCCC)OC(=O)CCCCCCC/C=C\C/C=C\CCCCC. The van der Waals surface area contributed by atoms with Crippen molar-refractivity contribution in [1.29, 1.82) is 0 Å². The Bertz CT molecular complexity index is 1130. The van der Waals surface area contributed by atoms with Crippen LogP contribution in [0.3, 0.4) is 0 Å². The van der Waals surface area contributed by atoms with Gasteiger partial charge in [0.25, 0.3) is 0 Å². The van der Waals surface area contributed by atoms with Crippen LogP contribution < -0.4 is 0 Å². The molecule has 59 heavy (non-hydrogen) atoms. The highest BCUT2D eigenvalue weighted by molar-refractivity contribution is 5.71. The first kappa shape index (κ1) is 55.9. The van der Waals surface area contributed by atoms with Gasteiger partial charge in [-0.2, -0.15) is 0 Å². The molecule has 0 aliphatic carbocycles. The smallest absolute Gasteiger partial charge is 0.306 e. The van der Waals surface area contributed by atoms with E-state index < -0.39 is 6.10 Å². The normalized spacial score (nSPS) is 12.7. The van der Waals surface area contributed by atoms with Gasteiger partial charge in [-0.3, -0.25) is 14.4 Å². The Kier molecular flexibility index (Phi) is 45.0. The maximum Gasteiger partial charge on any atom is 0.306 e. The number of rotatable bonds is 43. The molecule has 0 aliphatic rings. The quantitative estimate of drug-likeness (QED) is 0.0264. The van der Waals surface area contributed by atoms with E-state index in [0.717, 1.165) is 89.9 Å². The molecule has 0 saturated carbocycles. The average Bonchev–Trinajstić information content (AvgIpc) is 3.23. The number of ether oxygens (including phenoxy) is 3. The van der Waals surface area contributed by atoms with Crippen LogP contribution in [0.5, 0.6) is 0 Å². The lowest BCUT2D eigenvalue weighted by molar-refractivity contribution is -0.167. The first-order valence-corrected chi connectivity index (χ1v) is 24.4. The van der Waals surface area contributed by atoms with Gasteiger partial charge < -0.3 is 14.2 Å². The van der Waals surface area contributed by atoms with Crippen molar-refractivity contribution in [3.63, 3.8) is 0 Å². The zero-order valence-corrected chi connectivity index (χ0v) is 38.5. The van der Waals surface area contributed by atoms with Crippen LogP contribution in [0.25, 0.3) is 0 Å². The largest absolute Gasteiger partial charge is 0.462 e. The van der Waals surface area contributed by atoms with E-state index in [1.54, 1.807) is 0 Å². The molecule has 0 heterocycles. The zero-order valence-electron chi connectivity index (χ0n) is 38.5. The molecule has 0 amide bonds. The van der Waals surface area contributed by atoms with E-state index in [4.69, 9.17) is 14.2 Å². The van der Waals surface area contributed by atoms with Crippen LogP contribution in [0.2, 0.25) is 0 Å². The minimum Gasteiger partial charge on any atom is -0.462 e. The third kappa shape index (κ3) is 45.8. The summed E-state index contributed by atoms with van der Waals surface area (Å²) in [6.07, 6.45) is 58.9. The van der Waals surface area contributed by atoms with Crippen molar-refractivity contribution in [1.82, 2.24) is 0 Å². The Balaban J connectivity index is 4.46. The molecule has 6 nitrogen and oxygen atoms in total. The monoisotopic (exact) mass is 823 g/mol. The number of carbonyl (C=O) groups excluding carboxylic acids is 3. The molecule has 0 aromatic rings. The summed E-state index contributed by atoms with van der Waals surface area (Å²) in [6, 6.07) is 0. The van der Waals surface area contributed by atoms with Crippen LogP contribution >= 0.6 is 0 Å². The average molecular weight is 823 g/mol. The van der Waals surface area contributed by atoms with Crippen LogP contribution in [-0.2, 0) is 28.6 Å². The molecule has 0 unspecified atom stereocenters. The maximum absolute atomic E-state index is 12.7. The second-order valence-electron chi connectivity index (χ2n) is 16.0. The number of esters is 3. The molecular weight excluding hydrogens is 733 g/mol. The summed E-state index contributed by atoms with van der Waals surface area (Å²) < 4.78 is 16.7. The predicted octanol–water partition coefficient (Wildman–Crippen LogP) is 15.9. The Morgan fingerprint density at radius 2 is 0.627 bits per heavy atom. The van der Waals surface area contributed by atoms with Gasteiger partial charge in [-0.25, -0.2) is 0 Å². The van der Waals surface area contributed by atoms with Crippen LogP contribution in [0.1, 0.15) is 226 Å². The van der Waals surface area contributed by atoms with E-state index >= 15 is 0 Å². The third-order valence-electron chi connectivity index (χ3n) is 10.2. The topological polar surface area (TPSA) is 78.9 Å². The highest BCUT2D eigenvalue weighted by Crippen LogP contribution is 2.13. The first-order chi connectivity index (χ1) is 29.0. The molecule has 0 fully saturated rings. The fourth-order valence-corrected chi connectivity index (χ4v) is 6.46. The molecule has 0 aromatic heterocycles. The Labute approximate surface area is 363 Å². The minimum atomic E-state index is -0.801. The van der Waals surface area contributed by atoms with Crippen LogP contribution in [0, 0.1) is 0 Å². The molecule has 0 aromatic carbocycles. The van der Waals surface area contributed by atoms with Crippen molar-refractivity contribution < 1.29 is 28.6 Å². The lowest BCUT2D eigenvalue weighted by Crippen LogP contribution is -2.30. The van der Waals surface area contributed by atoms with Gasteiger partial charge in [0, 0.05) is 19.3 Å². The van der Waals surface area contributed by atoms with Gasteiger partial charge in [0.15, 0.2) is 6.10 Å². The minimum absolute atomic E-state index is 0.0976. The molecule has 0 rings (SSSR count). The summed E-state index contributed by atoms with van der Waals surface area (Å²) in [6.45, 7) is 6.49. The Morgan fingerprint density at radius 1 is 0.339 bits per heavy atom. The zero-order chi connectivity index (χ0) is 43.0. The molecule has 0 spiro atoms. The van der Waals surface area contributed by atoms with Gasteiger partial charge in [0.1, 0.15) is 13.2 Å². The Morgan fingerprint density at radius 3 is 1.05 bits per heavy atom. The Hall–Kier alpha value is -3.15. The summed E-state index contributed by atoms with van der Waals surface area (Å²) in [7, 11) is 0. The van der Waals surface area contributed by atoms with Gasteiger partial charge in [0.2, 0.25) is 0 Å². The van der Waals surface area contributed by atoms with Gasteiger partial charge in [-0.15, -0.1) is 0 Å². The second-order valence-corrected chi connectivity index (χ2v) is 16.0. The van der Waals surface area contributed by atoms with Crippen molar-refractivity contribution in [3.05, 3.63) is 72.9 Å². The van der Waals surface area contributed by atoms with Gasteiger partial charge in [0.05, 0.1) is 0 Å². The number of hydrogen-bond donors (Lipinski definition) is 0. The van der Waals surface area contributed by atoms with Crippen molar-refractivity contribution >= 4 is 17.9 Å². The van der Waals surface area contributed by atoms with Crippen LogP contribution in [0.15, 0.2) is 72.9 Å². The standard InChI is InChI=1S/C53H90O6/c1-4-7-10-13-16-19-21-23-25-26-28-29-31-34-37-40-43-46-52(55)58-49-50(48-57-51(54)45-42-39-36-33-18-15-12-9-6-3)59-53(56)47-44-41-38-35-32-30-27-24-22-20-17-14-11-8-5-2/h16-17,19-20,23-25,27-29,34,37,50H,4-15,18,21-22,26,30-33,35-36,38-49H2,1-3H3/b19-16-,20-17-,25-23-,27-24-,29-28-,37-34-/t50-/m1/s1. The lowest BCUT2D eigenvalue weighted by atomic mass is 10.1. The second kappa shape index (κ2) is 47.5. The number of unbranched alkanes of at least 4 members (excludes halogenated alkanes) is 20. The summed E-state index contributed by atoms with van der Waals surface area (Å²) in [4.78, 5) is 37.8.